The second-order valence-electron chi connectivity index (χ2n) is 8.74. The third kappa shape index (κ3) is 4.83. The van der Waals surface area contributed by atoms with Gasteiger partial charge in [-0.25, -0.2) is 4.98 Å². The van der Waals surface area contributed by atoms with Crippen LogP contribution in [0.1, 0.15) is 63.7 Å². The number of nitrogens with two attached hydrogens (primary N) is 2. The summed E-state index contributed by atoms with van der Waals surface area (Å²) >= 11 is 0. The van der Waals surface area contributed by atoms with Crippen molar-refractivity contribution in [1.29, 1.82) is 0 Å². The van der Waals surface area contributed by atoms with E-state index in [0.717, 1.165) is 31.5 Å². The summed E-state index contributed by atoms with van der Waals surface area (Å²) < 4.78 is 0. The number of aromatic nitrogens is 1. The van der Waals surface area contributed by atoms with Crippen molar-refractivity contribution in [3.05, 3.63) is 53.2 Å². The summed E-state index contributed by atoms with van der Waals surface area (Å²) in [5, 5.41) is 6.23. The summed E-state index contributed by atoms with van der Waals surface area (Å²) in [6.45, 7) is 2.39. The topological polar surface area (TPSA) is 143 Å². The number of nitrogens with one attached hydrogen (secondary N) is 2. The third-order valence-corrected chi connectivity index (χ3v) is 6.49. The maximum atomic E-state index is 13.0. The van der Waals surface area contributed by atoms with Crippen molar-refractivity contribution < 1.29 is 14.4 Å². The fourth-order valence-corrected chi connectivity index (χ4v) is 4.94. The molecule has 0 spiro atoms. The number of nitrogens with zero attached hydrogens (tertiary/aromatic N) is 2. The number of hydrogen-bond donors (Lipinski definition) is 4. The number of carbonyl (C=O) groups is 3. The molecular formula is C24H30N6O3. The molecule has 2 aliphatic heterocycles. The van der Waals surface area contributed by atoms with Gasteiger partial charge < -0.3 is 27.0 Å². The van der Waals surface area contributed by atoms with Crippen LogP contribution in [0.5, 0.6) is 0 Å². The highest BCUT2D eigenvalue weighted by molar-refractivity contribution is 6.02. The molecule has 9 heteroatoms. The van der Waals surface area contributed by atoms with Crippen LogP contribution in [0.3, 0.4) is 0 Å². The zero-order chi connectivity index (χ0) is 23.5. The first-order chi connectivity index (χ1) is 15.9. The van der Waals surface area contributed by atoms with Crippen LogP contribution in [0, 0.1) is 0 Å². The first-order valence-corrected chi connectivity index (χ1v) is 11.3. The maximum absolute atomic E-state index is 13.0. The molecule has 6 N–H and O–H groups in total. The molecule has 2 aromatic rings. The quantitative estimate of drug-likeness (QED) is 0.448. The highest BCUT2D eigenvalue weighted by Crippen LogP contribution is 2.38. The van der Waals surface area contributed by atoms with Gasteiger partial charge in [-0.3, -0.25) is 14.4 Å². The van der Waals surface area contributed by atoms with Crippen LogP contribution in [0.2, 0.25) is 0 Å². The Morgan fingerprint density at radius 3 is 2.36 bits per heavy atom. The third-order valence-electron chi connectivity index (χ3n) is 6.49. The Morgan fingerprint density at radius 1 is 1.09 bits per heavy atom. The predicted molar refractivity (Wildman–Crippen MR) is 127 cm³/mol. The van der Waals surface area contributed by atoms with Crippen LogP contribution in [-0.2, 0) is 0 Å². The number of benzene rings is 1. The van der Waals surface area contributed by atoms with Crippen molar-refractivity contribution in [3.8, 4) is 0 Å². The van der Waals surface area contributed by atoms with Crippen molar-refractivity contribution in [2.75, 3.05) is 23.3 Å². The zero-order valence-corrected chi connectivity index (χ0v) is 18.7. The van der Waals surface area contributed by atoms with Crippen LogP contribution in [-0.4, -0.2) is 53.8 Å². The van der Waals surface area contributed by atoms with Gasteiger partial charge in [0.25, 0.3) is 11.8 Å². The van der Waals surface area contributed by atoms with E-state index in [1.54, 1.807) is 24.4 Å². The molecular weight excluding hydrogens is 420 g/mol. The minimum atomic E-state index is -0.560. The molecule has 4 rings (SSSR count). The molecule has 0 saturated carbocycles. The summed E-state index contributed by atoms with van der Waals surface area (Å²) in [4.78, 5) is 43.0. The number of anilines is 2. The Labute approximate surface area is 192 Å². The van der Waals surface area contributed by atoms with Gasteiger partial charge >= 0.3 is 0 Å². The minimum Gasteiger partial charge on any atom is -0.383 e. The lowest BCUT2D eigenvalue weighted by Crippen LogP contribution is -2.50. The summed E-state index contributed by atoms with van der Waals surface area (Å²) in [6.07, 6.45) is 5.39. The van der Waals surface area contributed by atoms with Gasteiger partial charge in [-0.15, -0.1) is 0 Å². The number of Topliss-reactive ketones (excluding diaryl/α,β-unsaturated/α-hetero) is 1. The number of rotatable bonds is 8. The van der Waals surface area contributed by atoms with Gasteiger partial charge in [0, 0.05) is 54.2 Å². The van der Waals surface area contributed by atoms with Crippen molar-refractivity contribution in [1.82, 2.24) is 10.3 Å². The van der Waals surface area contributed by atoms with E-state index in [-0.39, 0.29) is 17.7 Å². The van der Waals surface area contributed by atoms with Crippen LogP contribution in [0.15, 0.2) is 36.5 Å². The lowest BCUT2D eigenvalue weighted by atomic mass is 9.96. The van der Waals surface area contributed by atoms with Crippen molar-refractivity contribution in [2.45, 2.75) is 50.7 Å². The first-order valence-electron chi connectivity index (χ1n) is 11.3. The monoisotopic (exact) mass is 450 g/mol. The summed E-state index contributed by atoms with van der Waals surface area (Å²) in [6, 6.07) is 9.22. The molecule has 3 heterocycles. The van der Waals surface area contributed by atoms with Crippen LogP contribution < -0.4 is 27.0 Å². The van der Waals surface area contributed by atoms with Gasteiger partial charge in [-0.2, -0.15) is 0 Å². The van der Waals surface area contributed by atoms with Crippen LogP contribution in [0.4, 0.5) is 11.5 Å². The van der Waals surface area contributed by atoms with Crippen molar-refractivity contribution in [2.24, 2.45) is 11.5 Å². The second kappa shape index (κ2) is 9.58. The van der Waals surface area contributed by atoms with E-state index >= 15 is 0 Å². The van der Waals surface area contributed by atoms with Crippen LogP contribution in [0.25, 0.3) is 0 Å². The number of piperidine rings is 1. The number of amides is 2. The molecule has 9 nitrogen and oxygen atoms in total. The fourth-order valence-electron chi connectivity index (χ4n) is 4.94. The van der Waals surface area contributed by atoms with Gasteiger partial charge in [0.1, 0.15) is 5.82 Å². The maximum Gasteiger partial charge on any atom is 0.251 e. The number of pyridine rings is 1. The van der Waals surface area contributed by atoms with Gasteiger partial charge in [0.15, 0.2) is 5.78 Å². The van der Waals surface area contributed by atoms with Gasteiger partial charge in [0.05, 0.1) is 5.56 Å². The molecule has 0 aliphatic carbocycles. The molecule has 1 aromatic heterocycles. The number of carbonyl (C=O) groups excluding carboxylic acids is 3. The van der Waals surface area contributed by atoms with Gasteiger partial charge in [0.2, 0.25) is 0 Å². The van der Waals surface area contributed by atoms with E-state index in [1.807, 2.05) is 12.1 Å². The van der Waals surface area contributed by atoms with Gasteiger partial charge in [-0.1, -0.05) is 0 Å². The molecule has 3 atom stereocenters. The molecule has 2 fully saturated rings. The van der Waals surface area contributed by atoms with E-state index in [2.05, 4.69) is 20.5 Å². The zero-order valence-electron chi connectivity index (χ0n) is 18.7. The van der Waals surface area contributed by atoms with E-state index in [1.165, 1.54) is 6.92 Å². The second-order valence-corrected chi connectivity index (χ2v) is 8.74. The Hall–Kier alpha value is -3.46. The Kier molecular flexibility index (Phi) is 6.60. The van der Waals surface area contributed by atoms with Gasteiger partial charge in [-0.05, 0) is 62.9 Å². The Bertz CT molecular complexity index is 1040. The van der Waals surface area contributed by atoms with E-state index in [0.29, 0.717) is 47.6 Å². The number of ketones is 1. The minimum absolute atomic E-state index is 0.00342. The lowest BCUT2D eigenvalue weighted by Gasteiger charge is -2.40. The molecule has 33 heavy (non-hydrogen) atoms. The van der Waals surface area contributed by atoms with Crippen molar-refractivity contribution in [3.63, 3.8) is 0 Å². The number of primary amides is 1. The molecule has 1 aromatic carbocycles. The van der Waals surface area contributed by atoms with E-state index in [9.17, 15) is 14.4 Å². The molecule has 2 saturated heterocycles. The SMILES string of the molecule is CC(=O)c1ccc(N2[C@@H]3CC[C@H]2C[C@@H](NC(=O)c2ccc(C(N)=O)c(NCCN)c2)C3)nc1. The standard InChI is InChI=1S/C24H30N6O3/c1-14(31)16-3-7-22(28-13-16)30-18-4-5-19(30)12-17(11-18)29-24(33)15-2-6-20(23(26)32)21(10-15)27-9-8-25/h2-3,6-7,10,13,17-19,27H,4-5,8-9,11-12,25H2,1H3,(H2,26,32)(H,29,33)/t17-,18+,19-. The number of hydrogen-bond acceptors (Lipinski definition) is 7. The molecule has 2 amide bonds. The molecule has 0 unspecified atom stereocenters. The fraction of sp³-hybridized carbons (Fsp3) is 0.417. The van der Waals surface area contributed by atoms with Crippen LogP contribution >= 0.6 is 0 Å². The average Bonchev–Trinajstić information content (AvgIpc) is 3.07. The normalized spacial score (nSPS) is 21.5. The first kappa shape index (κ1) is 22.7. The summed E-state index contributed by atoms with van der Waals surface area (Å²) in [7, 11) is 0. The largest absolute Gasteiger partial charge is 0.383 e. The van der Waals surface area contributed by atoms with Crippen molar-refractivity contribution >= 4 is 29.1 Å². The van der Waals surface area contributed by atoms with E-state index < -0.39 is 5.91 Å². The lowest BCUT2D eigenvalue weighted by molar-refractivity contribution is 0.0924. The average molecular weight is 451 g/mol. The highest BCUT2D eigenvalue weighted by Gasteiger charge is 2.41. The smallest absolute Gasteiger partial charge is 0.251 e. The summed E-state index contributed by atoms with van der Waals surface area (Å²) in [5.41, 5.74) is 12.9. The Balaban J connectivity index is 1.43. The predicted octanol–water partition coefficient (Wildman–Crippen LogP) is 1.68. The molecule has 0 radical (unpaired) electrons. The Morgan fingerprint density at radius 2 is 1.79 bits per heavy atom. The summed E-state index contributed by atoms with van der Waals surface area (Å²) in [5.74, 6) is 0.151. The molecule has 174 valence electrons. The molecule has 2 bridgehead atoms. The van der Waals surface area contributed by atoms with E-state index in [4.69, 9.17) is 11.5 Å². The molecule has 2 aliphatic rings. The number of fused-ring (bicyclic) bond motifs is 2. The highest BCUT2D eigenvalue weighted by atomic mass is 16.2.